The third kappa shape index (κ3) is 6.03. The highest BCUT2D eigenvalue weighted by Gasteiger charge is 2.25. The zero-order valence-electron chi connectivity index (χ0n) is 12.9. The SMILES string of the molecule is CCNC(=NCCCSC)NC1CCN(C(=O)CC)C1. The van der Waals surface area contributed by atoms with Gasteiger partial charge in [0.05, 0.1) is 0 Å². The van der Waals surface area contributed by atoms with Crippen LogP contribution in [0.2, 0.25) is 0 Å². The summed E-state index contributed by atoms with van der Waals surface area (Å²) in [5.74, 6) is 2.27. The van der Waals surface area contributed by atoms with Gasteiger partial charge in [0.2, 0.25) is 5.91 Å². The molecule has 0 aromatic rings. The van der Waals surface area contributed by atoms with E-state index in [1.807, 2.05) is 23.6 Å². The van der Waals surface area contributed by atoms with Crippen molar-refractivity contribution in [1.82, 2.24) is 15.5 Å². The van der Waals surface area contributed by atoms with Crippen LogP contribution in [0.4, 0.5) is 0 Å². The van der Waals surface area contributed by atoms with Crippen molar-refractivity contribution in [3.05, 3.63) is 0 Å². The number of guanidine groups is 1. The van der Waals surface area contributed by atoms with E-state index in [0.29, 0.717) is 12.5 Å². The highest BCUT2D eigenvalue weighted by Crippen LogP contribution is 2.10. The second kappa shape index (κ2) is 9.91. The van der Waals surface area contributed by atoms with Crippen molar-refractivity contribution in [2.24, 2.45) is 4.99 Å². The third-order valence-electron chi connectivity index (χ3n) is 3.30. The minimum absolute atomic E-state index is 0.246. The highest BCUT2D eigenvalue weighted by molar-refractivity contribution is 7.98. The molecule has 116 valence electrons. The van der Waals surface area contributed by atoms with Crippen molar-refractivity contribution in [2.45, 2.75) is 39.2 Å². The van der Waals surface area contributed by atoms with E-state index in [-0.39, 0.29) is 5.91 Å². The van der Waals surface area contributed by atoms with Crippen molar-refractivity contribution in [2.75, 3.05) is 38.2 Å². The molecule has 6 heteroatoms. The van der Waals surface area contributed by atoms with Gasteiger partial charge < -0.3 is 15.5 Å². The monoisotopic (exact) mass is 300 g/mol. The van der Waals surface area contributed by atoms with Gasteiger partial charge in [-0.3, -0.25) is 9.79 Å². The number of rotatable bonds is 7. The Hall–Kier alpha value is -0.910. The van der Waals surface area contributed by atoms with Gasteiger partial charge in [-0.25, -0.2) is 0 Å². The number of hydrogen-bond donors (Lipinski definition) is 2. The second-order valence-electron chi connectivity index (χ2n) is 4.93. The topological polar surface area (TPSA) is 56.7 Å². The summed E-state index contributed by atoms with van der Waals surface area (Å²) in [6, 6.07) is 0.323. The minimum Gasteiger partial charge on any atom is -0.357 e. The van der Waals surface area contributed by atoms with Crippen LogP contribution in [-0.4, -0.2) is 61.0 Å². The molecule has 2 N–H and O–H groups in total. The predicted molar refractivity (Wildman–Crippen MR) is 87.4 cm³/mol. The maximum Gasteiger partial charge on any atom is 0.222 e. The molecule has 1 saturated heterocycles. The molecule has 1 atom stereocenters. The number of thioether (sulfide) groups is 1. The van der Waals surface area contributed by atoms with Crippen LogP contribution in [0.1, 0.15) is 33.1 Å². The van der Waals surface area contributed by atoms with E-state index in [9.17, 15) is 4.79 Å². The van der Waals surface area contributed by atoms with Crippen molar-refractivity contribution in [3.63, 3.8) is 0 Å². The molecule has 0 aromatic carbocycles. The Labute approximate surface area is 127 Å². The number of hydrogen-bond acceptors (Lipinski definition) is 3. The normalized spacial score (nSPS) is 19.2. The summed E-state index contributed by atoms with van der Waals surface area (Å²) < 4.78 is 0. The minimum atomic E-state index is 0.246. The van der Waals surface area contributed by atoms with Gasteiger partial charge in [0.1, 0.15) is 0 Å². The quantitative estimate of drug-likeness (QED) is 0.423. The molecule has 1 aliphatic heterocycles. The van der Waals surface area contributed by atoms with Crippen LogP contribution in [-0.2, 0) is 4.79 Å². The van der Waals surface area contributed by atoms with E-state index in [4.69, 9.17) is 0 Å². The van der Waals surface area contributed by atoms with Gasteiger partial charge in [-0.15, -0.1) is 0 Å². The lowest BCUT2D eigenvalue weighted by molar-refractivity contribution is -0.129. The lowest BCUT2D eigenvalue weighted by atomic mass is 10.3. The summed E-state index contributed by atoms with van der Waals surface area (Å²) in [6.45, 7) is 7.35. The van der Waals surface area contributed by atoms with E-state index in [0.717, 1.165) is 50.7 Å². The predicted octanol–water partition coefficient (Wildman–Crippen LogP) is 1.31. The first-order chi connectivity index (χ1) is 9.71. The molecular formula is C14H28N4OS. The van der Waals surface area contributed by atoms with Gasteiger partial charge in [0.15, 0.2) is 5.96 Å². The number of amides is 1. The van der Waals surface area contributed by atoms with Crippen molar-refractivity contribution >= 4 is 23.6 Å². The fourth-order valence-electron chi connectivity index (χ4n) is 2.24. The second-order valence-corrected chi connectivity index (χ2v) is 5.92. The molecule has 0 spiro atoms. The molecule has 0 bridgehead atoms. The zero-order chi connectivity index (χ0) is 14.8. The first-order valence-corrected chi connectivity index (χ1v) is 8.92. The summed E-state index contributed by atoms with van der Waals surface area (Å²) in [7, 11) is 0. The molecule has 1 fully saturated rings. The summed E-state index contributed by atoms with van der Waals surface area (Å²) >= 11 is 1.85. The molecule has 0 saturated carbocycles. The number of carbonyl (C=O) groups is 1. The number of nitrogens with zero attached hydrogens (tertiary/aromatic N) is 2. The van der Waals surface area contributed by atoms with Crippen LogP contribution < -0.4 is 10.6 Å². The van der Waals surface area contributed by atoms with Crippen molar-refractivity contribution < 1.29 is 4.79 Å². The Morgan fingerprint density at radius 3 is 2.90 bits per heavy atom. The molecule has 20 heavy (non-hydrogen) atoms. The summed E-state index contributed by atoms with van der Waals surface area (Å²) in [6.07, 6.45) is 4.81. The van der Waals surface area contributed by atoms with Crippen LogP contribution in [0.3, 0.4) is 0 Å². The number of carbonyl (C=O) groups excluding carboxylic acids is 1. The molecule has 0 aromatic heterocycles. The first-order valence-electron chi connectivity index (χ1n) is 7.52. The molecule has 1 aliphatic rings. The Kier molecular flexibility index (Phi) is 8.49. The number of nitrogens with one attached hydrogen (secondary N) is 2. The largest absolute Gasteiger partial charge is 0.357 e. The van der Waals surface area contributed by atoms with Crippen LogP contribution >= 0.6 is 11.8 Å². The molecular weight excluding hydrogens is 272 g/mol. The average Bonchev–Trinajstić information content (AvgIpc) is 2.91. The van der Waals surface area contributed by atoms with Gasteiger partial charge in [-0.1, -0.05) is 6.92 Å². The average molecular weight is 300 g/mol. The van der Waals surface area contributed by atoms with Gasteiger partial charge in [0, 0.05) is 38.6 Å². The first kappa shape index (κ1) is 17.1. The Morgan fingerprint density at radius 2 is 2.25 bits per heavy atom. The Balaban J connectivity index is 2.40. The molecule has 0 aliphatic carbocycles. The third-order valence-corrected chi connectivity index (χ3v) is 4.00. The van der Waals surface area contributed by atoms with Gasteiger partial charge in [0.25, 0.3) is 0 Å². The lowest BCUT2D eigenvalue weighted by Gasteiger charge is -2.18. The molecule has 1 rings (SSSR count). The zero-order valence-corrected chi connectivity index (χ0v) is 13.8. The maximum atomic E-state index is 11.7. The summed E-state index contributed by atoms with van der Waals surface area (Å²) in [5.41, 5.74) is 0. The van der Waals surface area contributed by atoms with Crippen LogP contribution in [0.5, 0.6) is 0 Å². The van der Waals surface area contributed by atoms with Crippen molar-refractivity contribution in [1.29, 1.82) is 0 Å². The Morgan fingerprint density at radius 1 is 1.45 bits per heavy atom. The number of aliphatic imine (C=N–C) groups is 1. The fourth-order valence-corrected chi connectivity index (χ4v) is 2.66. The van der Waals surface area contributed by atoms with E-state index in [1.165, 1.54) is 0 Å². The molecule has 1 unspecified atom stereocenters. The lowest BCUT2D eigenvalue weighted by Crippen LogP contribution is -2.45. The summed E-state index contributed by atoms with van der Waals surface area (Å²) in [5, 5.41) is 6.71. The van der Waals surface area contributed by atoms with E-state index < -0.39 is 0 Å². The highest BCUT2D eigenvalue weighted by atomic mass is 32.2. The molecule has 1 heterocycles. The van der Waals surface area contributed by atoms with Gasteiger partial charge in [-0.05, 0) is 31.8 Å². The van der Waals surface area contributed by atoms with E-state index >= 15 is 0 Å². The summed E-state index contributed by atoms with van der Waals surface area (Å²) in [4.78, 5) is 18.2. The van der Waals surface area contributed by atoms with Crippen molar-refractivity contribution in [3.8, 4) is 0 Å². The standard InChI is InChI=1S/C14H28N4OS/c1-4-13(19)18-9-7-12(11-18)17-14(15-5-2)16-8-6-10-20-3/h12H,4-11H2,1-3H3,(H2,15,16,17). The molecule has 5 nitrogen and oxygen atoms in total. The molecule has 0 radical (unpaired) electrons. The van der Waals surface area contributed by atoms with E-state index in [1.54, 1.807) is 0 Å². The van der Waals surface area contributed by atoms with Gasteiger partial charge >= 0.3 is 0 Å². The van der Waals surface area contributed by atoms with Gasteiger partial charge in [-0.2, -0.15) is 11.8 Å². The van der Waals surface area contributed by atoms with E-state index in [2.05, 4.69) is 28.8 Å². The van der Waals surface area contributed by atoms with Crippen LogP contribution in [0, 0.1) is 0 Å². The Bertz CT molecular complexity index is 322. The fraction of sp³-hybridized carbons (Fsp3) is 0.857. The molecule has 1 amide bonds. The number of likely N-dealkylation sites (tertiary alicyclic amines) is 1. The smallest absolute Gasteiger partial charge is 0.222 e. The van der Waals surface area contributed by atoms with Crippen LogP contribution in [0.25, 0.3) is 0 Å². The van der Waals surface area contributed by atoms with Crippen LogP contribution in [0.15, 0.2) is 4.99 Å². The maximum absolute atomic E-state index is 11.7.